The monoisotopic (exact) mass is 353 g/mol. The first-order valence-electron chi connectivity index (χ1n) is 7.52. The molecule has 1 aliphatic heterocycles. The van der Waals surface area contributed by atoms with Crippen LogP contribution in [0.1, 0.15) is 11.1 Å². The molecule has 0 aromatic heterocycles. The maximum absolute atomic E-state index is 12.4. The van der Waals surface area contributed by atoms with Crippen molar-refractivity contribution in [3.05, 3.63) is 74.7 Å². The summed E-state index contributed by atoms with van der Waals surface area (Å²) in [7, 11) is 1.67. The van der Waals surface area contributed by atoms with Crippen LogP contribution in [0.15, 0.2) is 58.4 Å². The minimum absolute atomic E-state index is 0.00745. The Morgan fingerprint density at radius 3 is 2.68 bits per heavy atom. The van der Waals surface area contributed by atoms with Crippen LogP contribution in [0.2, 0.25) is 0 Å². The number of likely N-dealkylation sites (N-methyl/N-ethyl adjacent to an activating group) is 1. The largest absolute Gasteiger partial charge is 0.290 e. The number of nitro groups is 1. The molecule has 6 nitrogen and oxygen atoms in total. The molecule has 0 aliphatic carbocycles. The average molecular weight is 353 g/mol. The van der Waals surface area contributed by atoms with Crippen LogP contribution < -0.4 is 0 Å². The molecular formula is C18H15N3O3S. The number of aliphatic imine (C=N–C) groups is 1. The Morgan fingerprint density at radius 2 is 1.96 bits per heavy atom. The van der Waals surface area contributed by atoms with Gasteiger partial charge in [0.25, 0.3) is 11.6 Å². The molecule has 2 aromatic carbocycles. The van der Waals surface area contributed by atoms with Crippen LogP contribution in [-0.4, -0.2) is 27.9 Å². The van der Waals surface area contributed by atoms with Gasteiger partial charge in [-0.15, -0.1) is 0 Å². The maximum Gasteiger partial charge on any atom is 0.270 e. The second-order valence-corrected chi connectivity index (χ2v) is 6.52. The molecular weight excluding hydrogens is 338 g/mol. The lowest BCUT2D eigenvalue weighted by Crippen LogP contribution is -2.23. The Kier molecular flexibility index (Phi) is 4.67. The Morgan fingerprint density at radius 1 is 1.20 bits per heavy atom. The van der Waals surface area contributed by atoms with Crippen molar-refractivity contribution in [2.24, 2.45) is 4.99 Å². The molecule has 2 aromatic rings. The lowest BCUT2D eigenvalue weighted by Gasteiger charge is -2.08. The Labute approximate surface area is 149 Å². The molecule has 1 fully saturated rings. The molecule has 25 heavy (non-hydrogen) atoms. The molecule has 0 saturated carbocycles. The molecule has 1 heterocycles. The highest BCUT2D eigenvalue weighted by Crippen LogP contribution is 2.34. The number of nitrogens with zero attached hydrogens (tertiary/aromatic N) is 3. The second-order valence-electron chi connectivity index (χ2n) is 5.51. The smallest absolute Gasteiger partial charge is 0.270 e. The number of hydrogen-bond donors (Lipinski definition) is 0. The number of aryl methyl sites for hydroxylation is 1. The summed E-state index contributed by atoms with van der Waals surface area (Å²) in [5.74, 6) is -0.177. The highest BCUT2D eigenvalue weighted by Gasteiger charge is 2.30. The van der Waals surface area contributed by atoms with Crippen molar-refractivity contribution < 1.29 is 9.72 Å². The van der Waals surface area contributed by atoms with Crippen LogP contribution in [0.25, 0.3) is 6.08 Å². The molecule has 126 valence electrons. The van der Waals surface area contributed by atoms with Gasteiger partial charge in [0.05, 0.1) is 15.5 Å². The molecule has 0 unspecified atom stereocenters. The summed E-state index contributed by atoms with van der Waals surface area (Å²) in [6.45, 7) is 1.96. The van der Waals surface area contributed by atoms with E-state index in [-0.39, 0.29) is 11.6 Å². The predicted molar refractivity (Wildman–Crippen MR) is 99.7 cm³/mol. The summed E-state index contributed by atoms with van der Waals surface area (Å²) in [6, 6.07) is 13.9. The molecule has 1 saturated heterocycles. The van der Waals surface area contributed by atoms with Gasteiger partial charge in [-0.1, -0.05) is 30.3 Å². The molecule has 0 radical (unpaired) electrons. The van der Waals surface area contributed by atoms with Crippen molar-refractivity contribution >= 4 is 40.3 Å². The topological polar surface area (TPSA) is 75.8 Å². The van der Waals surface area contributed by atoms with E-state index in [4.69, 9.17) is 0 Å². The molecule has 0 atom stereocenters. The number of amides is 1. The summed E-state index contributed by atoms with van der Waals surface area (Å²) < 4.78 is 0. The van der Waals surface area contributed by atoms with Gasteiger partial charge in [-0.2, -0.15) is 0 Å². The van der Waals surface area contributed by atoms with Gasteiger partial charge < -0.3 is 0 Å². The fourth-order valence-electron chi connectivity index (χ4n) is 2.32. The van der Waals surface area contributed by atoms with Gasteiger partial charge in [0, 0.05) is 19.2 Å². The number of non-ortho nitro benzene ring substituents is 1. The van der Waals surface area contributed by atoms with Gasteiger partial charge >= 0.3 is 0 Å². The number of hydrogen-bond acceptors (Lipinski definition) is 5. The predicted octanol–water partition coefficient (Wildman–Crippen LogP) is 4.14. The van der Waals surface area contributed by atoms with Crippen LogP contribution >= 0.6 is 11.8 Å². The maximum atomic E-state index is 12.4. The van der Waals surface area contributed by atoms with E-state index in [0.29, 0.717) is 15.6 Å². The molecule has 1 amide bonds. The van der Waals surface area contributed by atoms with E-state index in [9.17, 15) is 14.9 Å². The summed E-state index contributed by atoms with van der Waals surface area (Å²) in [6.07, 6.45) is 1.65. The number of rotatable bonds is 3. The van der Waals surface area contributed by atoms with Gasteiger partial charge in [0.2, 0.25) is 0 Å². The van der Waals surface area contributed by atoms with Crippen LogP contribution in [-0.2, 0) is 4.79 Å². The molecule has 1 aliphatic rings. The van der Waals surface area contributed by atoms with Crippen molar-refractivity contribution in [2.45, 2.75) is 6.92 Å². The van der Waals surface area contributed by atoms with Crippen LogP contribution in [0.4, 0.5) is 11.4 Å². The summed E-state index contributed by atoms with van der Waals surface area (Å²) in [4.78, 5) is 29.4. The van der Waals surface area contributed by atoms with E-state index in [1.165, 1.54) is 28.8 Å². The van der Waals surface area contributed by atoms with Gasteiger partial charge in [0.15, 0.2) is 5.17 Å². The normalized spacial score (nSPS) is 17.5. The van der Waals surface area contributed by atoms with E-state index in [2.05, 4.69) is 4.99 Å². The standard InChI is InChI=1S/C18H15N3O3S/c1-12-6-3-4-9-15(12)19-18-20(2)17(22)16(25-18)11-13-7-5-8-14(10-13)21(23)24/h3-11H,1-2H3/b16-11+,19-18?. The minimum Gasteiger partial charge on any atom is -0.290 e. The Bertz CT molecular complexity index is 921. The van der Waals surface area contributed by atoms with Crippen molar-refractivity contribution in [1.82, 2.24) is 4.90 Å². The fraction of sp³-hybridized carbons (Fsp3) is 0.111. The van der Waals surface area contributed by atoms with Crippen molar-refractivity contribution in [3.63, 3.8) is 0 Å². The number of carbonyl (C=O) groups excluding carboxylic acids is 1. The number of benzene rings is 2. The third-order valence-electron chi connectivity index (χ3n) is 3.71. The average Bonchev–Trinajstić information content (AvgIpc) is 2.85. The minimum atomic E-state index is -0.456. The quantitative estimate of drug-likeness (QED) is 0.472. The van der Waals surface area contributed by atoms with Crippen LogP contribution in [0.5, 0.6) is 0 Å². The fourth-order valence-corrected chi connectivity index (χ4v) is 3.30. The van der Waals surface area contributed by atoms with Crippen molar-refractivity contribution in [2.75, 3.05) is 7.05 Å². The SMILES string of the molecule is Cc1ccccc1N=C1S/C(=C/c2cccc([N+](=O)[O-])c2)C(=O)N1C. The third-order valence-corrected chi connectivity index (χ3v) is 4.77. The molecule has 7 heteroatoms. The van der Waals surface area contributed by atoms with Crippen molar-refractivity contribution in [3.8, 4) is 0 Å². The van der Waals surface area contributed by atoms with Gasteiger partial charge in [0.1, 0.15) is 0 Å². The summed E-state index contributed by atoms with van der Waals surface area (Å²) >= 11 is 1.26. The van der Waals surface area contributed by atoms with E-state index < -0.39 is 4.92 Å². The van der Waals surface area contributed by atoms with Crippen LogP contribution in [0, 0.1) is 17.0 Å². The molecule has 3 rings (SSSR count). The van der Waals surface area contributed by atoms with Gasteiger partial charge in [-0.25, -0.2) is 4.99 Å². The number of thioether (sulfide) groups is 1. The number of para-hydroxylation sites is 1. The van der Waals surface area contributed by atoms with E-state index in [1.54, 1.807) is 25.3 Å². The first-order valence-corrected chi connectivity index (χ1v) is 8.34. The molecule has 0 spiro atoms. The zero-order chi connectivity index (χ0) is 18.0. The summed E-state index contributed by atoms with van der Waals surface area (Å²) in [5, 5.41) is 11.5. The van der Waals surface area contributed by atoms with E-state index in [0.717, 1.165) is 11.3 Å². The van der Waals surface area contributed by atoms with E-state index in [1.807, 2.05) is 31.2 Å². The third kappa shape index (κ3) is 3.61. The number of amidine groups is 1. The second kappa shape index (κ2) is 6.90. The van der Waals surface area contributed by atoms with Crippen molar-refractivity contribution in [1.29, 1.82) is 0 Å². The zero-order valence-electron chi connectivity index (χ0n) is 13.7. The Balaban J connectivity index is 1.92. The highest BCUT2D eigenvalue weighted by atomic mass is 32.2. The first-order chi connectivity index (χ1) is 12.0. The Hall–Kier alpha value is -2.93. The van der Waals surface area contributed by atoms with Crippen LogP contribution in [0.3, 0.4) is 0 Å². The number of carbonyl (C=O) groups is 1. The summed E-state index contributed by atoms with van der Waals surface area (Å²) in [5.41, 5.74) is 2.43. The molecule has 0 N–H and O–H groups in total. The van der Waals surface area contributed by atoms with Gasteiger partial charge in [-0.3, -0.25) is 19.8 Å². The molecule has 0 bridgehead atoms. The lowest BCUT2D eigenvalue weighted by atomic mass is 10.2. The number of nitro benzene ring substituents is 1. The first kappa shape index (κ1) is 16.9. The van der Waals surface area contributed by atoms with E-state index >= 15 is 0 Å². The van der Waals surface area contributed by atoms with Gasteiger partial charge in [-0.05, 0) is 42.0 Å². The zero-order valence-corrected chi connectivity index (χ0v) is 14.5. The lowest BCUT2D eigenvalue weighted by molar-refractivity contribution is -0.384. The highest BCUT2D eigenvalue weighted by molar-refractivity contribution is 8.18.